The number of nitrogens with one attached hydrogen (secondary N) is 1. The van der Waals surface area contributed by atoms with Crippen molar-refractivity contribution in [2.45, 2.75) is 32.4 Å². The number of hydrogen-bond donors (Lipinski definition) is 1. The Labute approximate surface area is 151 Å². The van der Waals surface area contributed by atoms with Crippen molar-refractivity contribution < 1.29 is 9.34 Å². The molecule has 0 aliphatic carbocycles. The van der Waals surface area contributed by atoms with Gasteiger partial charge >= 0.3 is 0 Å². The van der Waals surface area contributed by atoms with Gasteiger partial charge in [-0.3, -0.25) is 10.1 Å². The highest BCUT2D eigenvalue weighted by Crippen LogP contribution is 2.33. The Bertz CT molecular complexity index is 747. The van der Waals surface area contributed by atoms with Crippen molar-refractivity contribution in [3.8, 4) is 11.3 Å². The first-order valence-electron chi connectivity index (χ1n) is 8.55. The van der Waals surface area contributed by atoms with Gasteiger partial charge in [0.15, 0.2) is 0 Å². The zero-order valence-electron chi connectivity index (χ0n) is 14.2. The van der Waals surface area contributed by atoms with Crippen LogP contribution >= 0.6 is 11.6 Å². The summed E-state index contributed by atoms with van der Waals surface area (Å²) in [5.74, 6) is 1.26. The van der Waals surface area contributed by atoms with E-state index in [4.69, 9.17) is 16.0 Å². The molecule has 1 aliphatic heterocycles. The van der Waals surface area contributed by atoms with Crippen LogP contribution in [0.5, 0.6) is 0 Å². The highest BCUT2D eigenvalue weighted by Gasteiger charge is 2.20. The fourth-order valence-electron chi connectivity index (χ4n) is 3.24. The Hall–Kier alpha value is -1.89. The number of nitro groups is 1. The summed E-state index contributed by atoms with van der Waals surface area (Å²) >= 11 is 5.86. The smallest absolute Gasteiger partial charge is 0.281 e. The van der Waals surface area contributed by atoms with Crippen molar-refractivity contribution >= 4 is 17.3 Å². The van der Waals surface area contributed by atoms with Crippen LogP contribution < -0.4 is 5.32 Å². The molecule has 0 spiro atoms. The van der Waals surface area contributed by atoms with Gasteiger partial charge in [0.25, 0.3) is 5.69 Å². The lowest BCUT2D eigenvalue weighted by molar-refractivity contribution is -0.384. The fourth-order valence-corrected chi connectivity index (χ4v) is 3.40. The van der Waals surface area contributed by atoms with E-state index in [0.717, 1.165) is 25.3 Å². The second kappa shape index (κ2) is 7.99. The Morgan fingerprint density at radius 3 is 3.00 bits per heavy atom. The monoisotopic (exact) mass is 363 g/mol. The number of rotatable bonds is 6. The summed E-state index contributed by atoms with van der Waals surface area (Å²) in [6.07, 6.45) is 2.36. The first kappa shape index (κ1) is 17.9. The van der Waals surface area contributed by atoms with Crippen molar-refractivity contribution in [2.75, 3.05) is 19.6 Å². The van der Waals surface area contributed by atoms with E-state index in [2.05, 4.69) is 17.1 Å². The second-order valence-corrected chi connectivity index (χ2v) is 6.73. The van der Waals surface area contributed by atoms with Crippen LogP contribution in [0.2, 0.25) is 5.02 Å². The Morgan fingerprint density at radius 2 is 2.24 bits per heavy atom. The number of piperidine rings is 1. The minimum atomic E-state index is -0.441. The van der Waals surface area contributed by atoms with Crippen LogP contribution in [0.15, 0.2) is 34.7 Å². The number of nitrogens with zero attached hydrogens (tertiary/aromatic N) is 2. The molecule has 0 radical (unpaired) electrons. The Balaban J connectivity index is 1.68. The van der Waals surface area contributed by atoms with Gasteiger partial charge in [-0.1, -0.05) is 18.5 Å². The third-order valence-electron chi connectivity index (χ3n) is 4.60. The maximum Gasteiger partial charge on any atom is 0.281 e. The normalized spacial score (nSPS) is 18.4. The SMILES string of the molecule is CCN1CCCC(NCc2ccc(-c3ccc(Cl)cc3[N+](=O)[O-])o2)C1. The zero-order valence-corrected chi connectivity index (χ0v) is 15.0. The summed E-state index contributed by atoms with van der Waals surface area (Å²) in [6, 6.07) is 8.68. The summed E-state index contributed by atoms with van der Waals surface area (Å²) in [4.78, 5) is 13.2. The van der Waals surface area contributed by atoms with E-state index in [-0.39, 0.29) is 5.69 Å². The molecule has 1 aromatic heterocycles. The van der Waals surface area contributed by atoms with E-state index in [0.29, 0.717) is 28.9 Å². The molecule has 7 heteroatoms. The first-order chi connectivity index (χ1) is 12.1. The molecule has 1 aliphatic rings. The van der Waals surface area contributed by atoms with Crippen LogP contribution in [0.4, 0.5) is 5.69 Å². The summed E-state index contributed by atoms with van der Waals surface area (Å²) < 4.78 is 5.82. The minimum Gasteiger partial charge on any atom is -0.459 e. The van der Waals surface area contributed by atoms with Gasteiger partial charge in [-0.25, -0.2) is 0 Å². The number of nitro benzene ring substituents is 1. The van der Waals surface area contributed by atoms with Crippen LogP contribution in [0.1, 0.15) is 25.5 Å². The predicted molar refractivity (Wildman–Crippen MR) is 97.8 cm³/mol. The number of hydrogen-bond acceptors (Lipinski definition) is 5. The van der Waals surface area contributed by atoms with Gasteiger partial charge in [0.2, 0.25) is 0 Å². The molecular formula is C18H22ClN3O3. The molecule has 1 N–H and O–H groups in total. The van der Waals surface area contributed by atoms with Crippen molar-refractivity contribution in [3.05, 3.63) is 51.2 Å². The zero-order chi connectivity index (χ0) is 17.8. The van der Waals surface area contributed by atoms with Gasteiger partial charge in [-0.2, -0.15) is 0 Å². The fraction of sp³-hybridized carbons (Fsp3) is 0.444. The van der Waals surface area contributed by atoms with Crippen molar-refractivity contribution in [1.82, 2.24) is 10.2 Å². The van der Waals surface area contributed by atoms with Gasteiger partial charge in [-0.15, -0.1) is 0 Å². The van der Waals surface area contributed by atoms with E-state index in [9.17, 15) is 10.1 Å². The number of furan rings is 1. The minimum absolute atomic E-state index is 0.0489. The van der Waals surface area contributed by atoms with Crippen LogP contribution in [0.25, 0.3) is 11.3 Å². The molecule has 0 saturated carbocycles. The third-order valence-corrected chi connectivity index (χ3v) is 4.84. The van der Waals surface area contributed by atoms with Crippen LogP contribution in [0, 0.1) is 10.1 Å². The van der Waals surface area contributed by atoms with Gasteiger partial charge in [0, 0.05) is 23.7 Å². The standard InChI is InChI=1S/C18H22ClN3O3/c1-2-21-9-3-4-14(12-21)20-11-15-6-8-18(25-15)16-7-5-13(19)10-17(16)22(23)24/h5-8,10,14,20H,2-4,9,11-12H2,1H3. The average Bonchev–Trinajstić information content (AvgIpc) is 3.09. The van der Waals surface area contributed by atoms with Crippen molar-refractivity contribution in [3.63, 3.8) is 0 Å². The molecule has 0 amide bonds. The lowest BCUT2D eigenvalue weighted by Gasteiger charge is -2.32. The van der Waals surface area contributed by atoms with E-state index >= 15 is 0 Å². The van der Waals surface area contributed by atoms with Crippen molar-refractivity contribution in [1.29, 1.82) is 0 Å². The number of halogens is 1. The largest absolute Gasteiger partial charge is 0.459 e. The maximum absolute atomic E-state index is 11.2. The number of likely N-dealkylation sites (tertiary alicyclic amines) is 1. The van der Waals surface area contributed by atoms with Crippen LogP contribution in [0.3, 0.4) is 0 Å². The highest BCUT2D eigenvalue weighted by atomic mass is 35.5. The number of benzene rings is 1. The third kappa shape index (κ3) is 4.39. The lowest BCUT2D eigenvalue weighted by Crippen LogP contribution is -2.45. The topological polar surface area (TPSA) is 71.5 Å². The molecule has 3 rings (SSSR count). The molecule has 1 fully saturated rings. The van der Waals surface area contributed by atoms with Crippen molar-refractivity contribution in [2.24, 2.45) is 0 Å². The molecule has 6 nitrogen and oxygen atoms in total. The summed E-state index contributed by atoms with van der Waals surface area (Å²) in [5, 5.41) is 15.1. The van der Waals surface area contributed by atoms with Crippen LogP contribution in [-0.2, 0) is 6.54 Å². The van der Waals surface area contributed by atoms with E-state index in [1.54, 1.807) is 18.2 Å². The van der Waals surface area contributed by atoms with Gasteiger partial charge in [0.1, 0.15) is 11.5 Å². The van der Waals surface area contributed by atoms with Gasteiger partial charge < -0.3 is 14.6 Å². The molecule has 2 aromatic rings. The summed E-state index contributed by atoms with van der Waals surface area (Å²) in [5.41, 5.74) is 0.391. The molecule has 1 aromatic carbocycles. The summed E-state index contributed by atoms with van der Waals surface area (Å²) in [7, 11) is 0. The summed E-state index contributed by atoms with van der Waals surface area (Å²) in [6.45, 7) is 6.08. The van der Waals surface area contributed by atoms with E-state index < -0.39 is 4.92 Å². The molecule has 1 unspecified atom stereocenters. The van der Waals surface area contributed by atoms with E-state index in [1.807, 2.05) is 6.07 Å². The maximum atomic E-state index is 11.2. The van der Waals surface area contributed by atoms with Gasteiger partial charge in [0.05, 0.1) is 17.0 Å². The molecular weight excluding hydrogens is 342 g/mol. The average molecular weight is 364 g/mol. The second-order valence-electron chi connectivity index (χ2n) is 6.30. The predicted octanol–water partition coefficient (Wildman–Crippen LogP) is 4.08. The molecule has 1 saturated heterocycles. The molecule has 2 heterocycles. The first-order valence-corrected chi connectivity index (χ1v) is 8.93. The lowest BCUT2D eigenvalue weighted by atomic mass is 10.1. The van der Waals surface area contributed by atoms with E-state index in [1.165, 1.54) is 19.0 Å². The molecule has 25 heavy (non-hydrogen) atoms. The molecule has 134 valence electrons. The number of likely N-dealkylation sites (N-methyl/N-ethyl adjacent to an activating group) is 1. The molecule has 1 atom stereocenters. The Morgan fingerprint density at radius 1 is 1.40 bits per heavy atom. The quantitative estimate of drug-likeness (QED) is 0.618. The Kier molecular flexibility index (Phi) is 5.73. The van der Waals surface area contributed by atoms with Crippen LogP contribution in [-0.4, -0.2) is 35.5 Å². The van der Waals surface area contributed by atoms with Gasteiger partial charge in [-0.05, 0) is 50.2 Å². The molecule has 0 bridgehead atoms. The highest BCUT2D eigenvalue weighted by molar-refractivity contribution is 6.30.